The lowest BCUT2D eigenvalue weighted by atomic mass is 10.2. The van der Waals surface area contributed by atoms with E-state index >= 15 is 0 Å². The highest BCUT2D eigenvalue weighted by Crippen LogP contribution is 2.24. The number of aryl methyl sites for hydroxylation is 1. The van der Waals surface area contributed by atoms with E-state index in [0.717, 1.165) is 55.5 Å². The first-order valence-electron chi connectivity index (χ1n) is 9.07. The lowest BCUT2D eigenvalue weighted by Crippen LogP contribution is -2.36. The van der Waals surface area contributed by atoms with Gasteiger partial charge in [-0.05, 0) is 62.0 Å². The van der Waals surface area contributed by atoms with E-state index in [1.165, 1.54) is 0 Å². The third-order valence-corrected chi connectivity index (χ3v) is 6.69. The summed E-state index contributed by atoms with van der Waals surface area (Å²) >= 11 is 1.77. The molecule has 1 saturated heterocycles. The van der Waals surface area contributed by atoms with Gasteiger partial charge < -0.3 is 8.92 Å². The second-order valence-corrected chi connectivity index (χ2v) is 9.19. The number of ether oxygens (including phenoxy) is 1. The molecule has 1 aliphatic heterocycles. The van der Waals surface area contributed by atoms with Crippen molar-refractivity contribution in [2.75, 3.05) is 38.6 Å². The molecule has 0 spiro atoms. The van der Waals surface area contributed by atoms with Crippen molar-refractivity contribution in [3.63, 3.8) is 0 Å². The summed E-state index contributed by atoms with van der Waals surface area (Å²) < 4.78 is 35.2. The Hall–Kier alpha value is -1.54. The summed E-state index contributed by atoms with van der Waals surface area (Å²) in [5.74, 6) is 1.35. The van der Waals surface area contributed by atoms with Crippen molar-refractivity contribution in [1.82, 2.24) is 4.90 Å². The molecule has 1 aliphatic rings. The van der Waals surface area contributed by atoms with Gasteiger partial charge in [0.1, 0.15) is 10.6 Å². The number of nitrogens with zero attached hydrogens (tertiary/aromatic N) is 1. The maximum Gasteiger partial charge on any atom is 0.339 e. The van der Waals surface area contributed by atoms with Crippen molar-refractivity contribution < 1.29 is 17.3 Å². The second-order valence-electron chi connectivity index (χ2n) is 6.48. The van der Waals surface area contributed by atoms with Crippen LogP contribution in [0.3, 0.4) is 0 Å². The molecule has 146 valence electrons. The van der Waals surface area contributed by atoms with Gasteiger partial charge in [0, 0.05) is 18.0 Å². The largest absolute Gasteiger partial charge is 0.379 e. The highest BCUT2D eigenvalue weighted by molar-refractivity contribution is 7.99. The minimum absolute atomic E-state index is 0.162. The summed E-state index contributed by atoms with van der Waals surface area (Å²) in [6.07, 6.45) is 1.12. The molecule has 1 heterocycles. The first-order valence-corrected chi connectivity index (χ1v) is 11.5. The molecule has 0 N–H and O–H groups in total. The van der Waals surface area contributed by atoms with Gasteiger partial charge in [0.2, 0.25) is 0 Å². The first kappa shape index (κ1) is 20.2. The van der Waals surface area contributed by atoms with E-state index < -0.39 is 10.1 Å². The van der Waals surface area contributed by atoms with Crippen LogP contribution in [0.15, 0.2) is 58.3 Å². The van der Waals surface area contributed by atoms with Gasteiger partial charge in [-0.2, -0.15) is 8.42 Å². The van der Waals surface area contributed by atoms with E-state index in [-0.39, 0.29) is 4.90 Å². The van der Waals surface area contributed by atoms with Crippen LogP contribution in [0.5, 0.6) is 5.75 Å². The number of hydrogen-bond acceptors (Lipinski definition) is 6. The Morgan fingerprint density at radius 2 is 1.70 bits per heavy atom. The van der Waals surface area contributed by atoms with Gasteiger partial charge >= 0.3 is 10.1 Å². The SMILES string of the molecule is Cc1ccc(S(=O)(=O)Oc2ccc(SCCCN3CCOCC3)cc2)cc1. The average molecular weight is 408 g/mol. The number of benzene rings is 2. The van der Waals surface area contributed by atoms with Crippen LogP contribution in [0.2, 0.25) is 0 Å². The highest BCUT2D eigenvalue weighted by atomic mass is 32.2. The second kappa shape index (κ2) is 9.59. The number of thioether (sulfide) groups is 1. The third kappa shape index (κ3) is 6.24. The Labute approximate surface area is 165 Å². The summed E-state index contributed by atoms with van der Waals surface area (Å²) in [7, 11) is -3.80. The fourth-order valence-electron chi connectivity index (χ4n) is 2.77. The Bertz CT molecular complexity index is 814. The van der Waals surface area contributed by atoms with Crippen LogP contribution >= 0.6 is 11.8 Å². The van der Waals surface area contributed by atoms with Crippen molar-refractivity contribution in [2.45, 2.75) is 23.1 Å². The summed E-state index contributed by atoms with van der Waals surface area (Å²) in [6, 6.07) is 13.8. The van der Waals surface area contributed by atoms with E-state index in [2.05, 4.69) is 4.90 Å². The van der Waals surface area contributed by atoms with E-state index in [1.807, 2.05) is 19.1 Å². The molecule has 2 aromatic rings. The minimum atomic E-state index is -3.80. The summed E-state index contributed by atoms with van der Waals surface area (Å²) in [5.41, 5.74) is 1.00. The maximum absolute atomic E-state index is 12.3. The molecular formula is C20H25NO4S2. The van der Waals surface area contributed by atoms with Gasteiger partial charge in [0.15, 0.2) is 0 Å². The molecule has 5 nitrogen and oxygen atoms in total. The van der Waals surface area contributed by atoms with Gasteiger partial charge in [-0.3, -0.25) is 4.90 Å². The molecule has 0 amide bonds. The van der Waals surface area contributed by atoms with Crippen molar-refractivity contribution >= 4 is 21.9 Å². The van der Waals surface area contributed by atoms with Crippen LogP contribution in [-0.2, 0) is 14.9 Å². The molecular weight excluding hydrogens is 382 g/mol. The summed E-state index contributed by atoms with van der Waals surface area (Å²) in [6.45, 7) is 6.71. The predicted molar refractivity (Wildman–Crippen MR) is 108 cm³/mol. The third-order valence-electron chi connectivity index (χ3n) is 4.33. The van der Waals surface area contributed by atoms with Gasteiger partial charge in [-0.1, -0.05) is 17.7 Å². The van der Waals surface area contributed by atoms with Crippen molar-refractivity contribution in [3.8, 4) is 5.75 Å². The molecule has 0 saturated carbocycles. The monoisotopic (exact) mass is 407 g/mol. The Balaban J connectivity index is 1.47. The number of morpholine rings is 1. The Kier molecular flexibility index (Phi) is 7.18. The molecule has 3 rings (SSSR count). The topological polar surface area (TPSA) is 55.8 Å². The molecule has 1 fully saturated rings. The molecule has 0 radical (unpaired) electrons. The first-order chi connectivity index (χ1) is 13.0. The molecule has 7 heteroatoms. The van der Waals surface area contributed by atoms with E-state index in [1.54, 1.807) is 48.2 Å². The van der Waals surface area contributed by atoms with E-state index in [4.69, 9.17) is 8.92 Å². The number of rotatable bonds is 8. The van der Waals surface area contributed by atoms with E-state index in [9.17, 15) is 8.42 Å². The minimum Gasteiger partial charge on any atom is -0.379 e. The Morgan fingerprint density at radius 1 is 1.04 bits per heavy atom. The van der Waals surface area contributed by atoms with Crippen molar-refractivity contribution in [1.29, 1.82) is 0 Å². The average Bonchev–Trinajstić information content (AvgIpc) is 2.67. The maximum atomic E-state index is 12.3. The zero-order valence-electron chi connectivity index (χ0n) is 15.5. The standard InChI is InChI=1S/C20H25NO4S2/c1-17-3-9-20(10-4-17)27(22,23)25-18-5-7-19(8-6-18)26-16-2-11-21-12-14-24-15-13-21/h3-10H,2,11-16H2,1H3. The summed E-state index contributed by atoms with van der Waals surface area (Å²) in [4.78, 5) is 3.70. The number of hydrogen-bond donors (Lipinski definition) is 0. The smallest absolute Gasteiger partial charge is 0.339 e. The molecule has 0 bridgehead atoms. The molecule has 0 aromatic heterocycles. The van der Waals surface area contributed by atoms with Crippen LogP contribution in [0, 0.1) is 6.92 Å². The van der Waals surface area contributed by atoms with Crippen LogP contribution in [0.1, 0.15) is 12.0 Å². The van der Waals surface area contributed by atoms with Crippen LogP contribution in [-0.4, -0.2) is 51.9 Å². The highest BCUT2D eigenvalue weighted by Gasteiger charge is 2.16. The fourth-order valence-corrected chi connectivity index (χ4v) is 4.54. The summed E-state index contributed by atoms with van der Waals surface area (Å²) in [5, 5.41) is 0. The van der Waals surface area contributed by atoms with Gasteiger partial charge in [-0.25, -0.2) is 0 Å². The zero-order valence-corrected chi connectivity index (χ0v) is 17.1. The quantitative estimate of drug-likeness (QED) is 0.379. The normalized spacial score (nSPS) is 15.6. The van der Waals surface area contributed by atoms with Crippen molar-refractivity contribution in [3.05, 3.63) is 54.1 Å². The molecule has 0 atom stereocenters. The fraction of sp³-hybridized carbons (Fsp3) is 0.400. The van der Waals surface area contributed by atoms with Crippen LogP contribution < -0.4 is 4.18 Å². The molecule has 0 aliphatic carbocycles. The molecule has 2 aromatic carbocycles. The molecule has 0 unspecified atom stereocenters. The van der Waals surface area contributed by atoms with Gasteiger partial charge in [-0.15, -0.1) is 11.8 Å². The van der Waals surface area contributed by atoms with Crippen LogP contribution in [0.4, 0.5) is 0 Å². The lowest BCUT2D eigenvalue weighted by molar-refractivity contribution is 0.0381. The van der Waals surface area contributed by atoms with E-state index in [0.29, 0.717) is 5.75 Å². The lowest BCUT2D eigenvalue weighted by Gasteiger charge is -2.26. The van der Waals surface area contributed by atoms with Gasteiger partial charge in [0.25, 0.3) is 0 Å². The van der Waals surface area contributed by atoms with Crippen LogP contribution in [0.25, 0.3) is 0 Å². The van der Waals surface area contributed by atoms with Gasteiger partial charge in [0.05, 0.1) is 13.2 Å². The van der Waals surface area contributed by atoms with Crippen molar-refractivity contribution in [2.24, 2.45) is 0 Å². The molecule has 27 heavy (non-hydrogen) atoms. The Morgan fingerprint density at radius 3 is 2.37 bits per heavy atom. The zero-order chi connectivity index (χ0) is 19.1. The predicted octanol–water partition coefficient (Wildman–Crippen LogP) is 3.58.